The first-order valence-electron chi connectivity index (χ1n) is 9.28. The van der Waals surface area contributed by atoms with E-state index in [2.05, 4.69) is 35.1 Å². The molecule has 0 aliphatic carbocycles. The Kier molecular flexibility index (Phi) is 5.53. The fourth-order valence-corrected chi connectivity index (χ4v) is 3.32. The van der Waals surface area contributed by atoms with Crippen LogP contribution >= 0.6 is 11.6 Å². The van der Waals surface area contributed by atoms with Crippen molar-refractivity contribution < 1.29 is 0 Å². The lowest BCUT2D eigenvalue weighted by Gasteiger charge is -2.35. The second-order valence-corrected chi connectivity index (χ2v) is 7.10. The van der Waals surface area contributed by atoms with Gasteiger partial charge in [-0.05, 0) is 30.7 Å². The Bertz CT molecular complexity index is 910. The molecule has 1 aliphatic heterocycles. The van der Waals surface area contributed by atoms with Gasteiger partial charge in [0.25, 0.3) is 0 Å². The third-order valence-corrected chi connectivity index (χ3v) is 4.90. The summed E-state index contributed by atoms with van der Waals surface area (Å²) in [6.07, 6.45) is 3.56. The first-order chi connectivity index (χ1) is 13.7. The van der Waals surface area contributed by atoms with Crippen molar-refractivity contribution in [2.24, 2.45) is 0 Å². The van der Waals surface area contributed by atoms with E-state index >= 15 is 0 Å². The molecule has 1 saturated heterocycles. The molecule has 3 aromatic rings. The van der Waals surface area contributed by atoms with Crippen LogP contribution in [-0.4, -0.2) is 46.1 Å². The van der Waals surface area contributed by atoms with Gasteiger partial charge in [0.15, 0.2) is 0 Å². The SMILES string of the molecule is Cc1nc(NCc2ccc(Cl)cc2)cc(N2CCN(c3ncccn3)CC2)n1. The van der Waals surface area contributed by atoms with Gasteiger partial charge in [0.2, 0.25) is 5.95 Å². The maximum Gasteiger partial charge on any atom is 0.225 e. The number of aryl methyl sites for hydroxylation is 1. The molecule has 7 nitrogen and oxygen atoms in total. The predicted molar refractivity (Wildman–Crippen MR) is 112 cm³/mol. The minimum absolute atomic E-state index is 0.687. The standard InChI is InChI=1S/C20H22ClN7/c1-15-25-18(24-14-16-3-5-17(21)6-4-16)13-19(26-15)27-9-11-28(12-10-27)20-22-7-2-8-23-20/h2-8,13H,9-12,14H2,1H3,(H,24,25,26). The minimum atomic E-state index is 0.687. The lowest BCUT2D eigenvalue weighted by molar-refractivity contribution is 0.633. The quantitative estimate of drug-likeness (QED) is 0.711. The molecule has 1 aromatic carbocycles. The van der Waals surface area contributed by atoms with Gasteiger partial charge in [-0.1, -0.05) is 23.7 Å². The second-order valence-electron chi connectivity index (χ2n) is 6.66. The predicted octanol–water partition coefficient (Wildman–Crippen LogP) is 3.17. The molecule has 28 heavy (non-hydrogen) atoms. The van der Waals surface area contributed by atoms with Gasteiger partial charge in [0.05, 0.1) is 0 Å². The van der Waals surface area contributed by atoms with Crippen LogP contribution < -0.4 is 15.1 Å². The maximum atomic E-state index is 5.95. The summed E-state index contributed by atoms with van der Waals surface area (Å²) in [4.78, 5) is 22.3. The molecule has 8 heteroatoms. The number of hydrogen-bond donors (Lipinski definition) is 1. The topological polar surface area (TPSA) is 70.1 Å². The summed E-state index contributed by atoms with van der Waals surface area (Å²) in [6, 6.07) is 11.7. The van der Waals surface area contributed by atoms with Crippen LogP contribution in [0.3, 0.4) is 0 Å². The van der Waals surface area contributed by atoms with E-state index in [-0.39, 0.29) is 0 Å². The molecular formula is C20H22ClN7. The molecule has 0 atom stereocenters. The summed E-state index contributed by atoms with van der Waals surface area (Å²) in [6.45, 7) is 6.06. The summed E-state index contributed by atoms with van der Waals surface area (Å²) < 4.78 is 0. The van der Waals surface area contributed by atoms with Gasteiger partial charge in [-0.15, -0.1) is 0 Å². The van der Waals surface area contributed by atoms with E-state index in [9.17, 15) is 0 Å². The zero-order chi connectivity index (χ0) is 19.3. The molecule has 3 heterocycles. The monoisotopic (exact) mass is 395 g/mol. The van der Waals surface area contributed by atoms with Crippen LogP contribution in [0.1, 0.15) is 11.4 Å². The molecule has 0 saturated carbocycles. The zero-order valence-corrected chi connectivity index (χ0v) is 16.5. The number of halogens is 1. The highest BCUT2D eigenvalue weighted by Gasteiger charge is 2.20. The van der Waals surface area contributed by atoms with E-state index in [4.69, 9.17) is 11.6 Å². The average Bonchev–Trinajstić information content (AvgIpc) is 2.74. The van der Waals surface area contributed by atoms with Crippen molar-refractivity contribution in [1.29, 1.82) is 0 Å². The highest BCUT2D eigenvalue weighted by atomic mass is 35.5. The van der Waals surface area contributed by atoms with E-state index in [1.165, 1.54) is 0 Å². The van der Waals surface area contributed by atoms with Crippen molar-refractivity contribution in [3.63, 3.8) is 0 Å². The van der Waals surface area contributed by atoms with Crippen LogP contribution in [0.25, 0.3) is 0 Å². The Balaban J connectivity index is 1.40. The number of aromatic nitrogens is 4. The molecule has 4 rings (SSSR count). The number of hydrogen-bond acceptors (Lipinski definition) is 7. The molecule has 1 N–H and O–H groups in total. The molecule has 144 valence electrons. The van der Waals surface area contributed by atoms with Gasteiger partial charge in [0.1, 0.15) is 17.5 Å². The third-order valence-electron chi connectivity index (χ3n) is 4.65. The van der Waals surface area contributed by atoms with Crippen LogP contribution in [0.2, 0.25) is 5.02 Å². The third kappa shape index (κ3) is 4.48. The van der Waals surface area contributed by atoms with Gasteiger partial charge in [0, 0.05) is 56.2 Å². The number of benzene rings is 1. The van der Waals surface area contributed by atoms with Crippen LogP contribution in [0.5, 0.6) is 0 Å². The van der Waals surface area contributed by atoms with Gasteiger partial charge < -0.3 is 15.1 Å². The van der Waals surface area contributed by atoms with Crippen molar-refractivity contribution in [1.82, 2.24) is 19.9 Å². The molecule has 0 bridgehead atoms. The van der Waals surface area contributed by atoms with Crippen molar-refractivity contribution in [2.75, 3.05) is 41.3 Å². The number of nitrogens with zero attached hydrogens (tertiary/aromatic N) is 6. The first kappa shape index (κ1) is 18.4. The van der Waals surface area contributed by atoms with Crippen molar-refractivity contribution in [3.05, 3.63) is 65.2 Å². The number of piperazine rings is 1. The van der Waals surface area contributed by atoms with E-state index in [1.54, 1.807) is 12.4 Å². The van der Waals surface area contributed by atoms with E-state index in [0.717, 1.165) is 60.2 Å². The number of nitrogens with one attached hydrogen (secondary N) is 1. The Labute approximate surface area is 169 Å². The summed E-state index contributed by atoms with van der Waals surface area (Å²) in [5.41, 5.74) is 1.15. The average molecular weight is 396 g/mol. The summed E-state index contributed by atoms with van der Waals surface area (Å²) in [7, 11) is 0. The van der Waals surface area contributed by atoms with E-state index in [0.29, 0.717) is 6.54 Å². The second kappa shape index (κ2) is 8.39. The normalized spacial score (nSPS) is 14.2. The lowest BCUT2D eigenvalue weighted by atomic mass is 10.2. The molecule has 1 fully saturated rings. The Morgan fingerprint density at radius 2 is 1.64 bits per heavy atom. The van der Waals surface area contributed by atoms with Gasteiger partial charge in [-0.2, -0.15) is 0 Å². The fourth-order valence-electron chi connectivity index (χ4n) is 3.19. The van der Waals surface area contributed by atoms with Gasteiger partial charge in [-0.25, -0.2) is 19.9 Å². The molecule has 2 aromatic heterocycles. The van der Waals surface area contributed by atoms with E-state index < -0.39 is 0 Å². The maximum absolute atomic E-state index is 5.95. The molecule has 0 unspecified atom stereocenters. The van der Waals surface area contributed by atoms with Crippen LogP contribution in [0.4, 0.5) is 17.6 Å². The molecule has 0 radical (unpaired) electrons. The summed E-state index contributed by atoms with van der Waals surface area (Å²) in [5.74, 6) is 3.31. The summed E-state index contributed by atoms with van der Waals surface area (Å²) in [5, 5.41) is 4.12. The smallest absolute Gasteiger partial charge is 0.225 e. The molecule has 0 spiro atoms. The number of rotatable bonds is 5. The van der Waals surface area contributed by atoms with E-state index in [1.807, 2.05) is 43.3 Å². The Morgan fingerprint density at radius 1 is 0.964 bits per heavy atom. The van der Waals surface area contributed by atoms with Crippen molar-refractivity contribution in [2.45, 2.75) is 13.5 Å². The highest BCUT2D eigenvalue weighted by molar-refractivity contribution is 6.30. The fraction of sp³-hybridized carbons (Fsp3) is 0.300. The van der Waals surface area contributed by atoms with Crippen molar-refractivity contribution in [3.8, 4) is 0 Å². The summed E-state index contributed by atoms with van der Waals surface area (Å²) >= 11 is 5.95. The number of anilines is 3. The van der Waals surface area contributed by atoms with Gasteiger partial charge >= 0.3 is 0 Å². The Morgan fingerprint density at radius 3 is 2.36 bits per heavy atom. The molecule has 1 aliphatic rings. The van der Waals surface area contributed by atoms with Crippen LogP contribution in [-0.2, 0) is 6.54 Å². The van der Waals surface area contributed by atoms with Crippen LogP contribution in [0.15, 0.2) is 48.8 Å². The van der Waals surface area contributed by atoms with Crippen molar-refractivity contribution >= 4 is 29.2 Å². The lowest BCUT2D eigenvalue weighted by Crippen LogP contribution is -2.47. The Hall–Kier alpha value is -2.93. The highest BCUT2D eigenvalue weighted by Crippen LogP contribution is 2.20. The van der Waals surface area contributed by atoms with Gasteiger partial charge in [-0.3, -0.25) is 0 Å². The molecular weight excluding hydrogens is 374 g/mol. The largest absolute Gasteiger partial charge is 0.366 e. The first-order valence-corrected chi connectivity index (χ1v) is 9.66. The van der Waals surface area contributed by atoms with Crippen LogP contribution in [0, 0.1) is 6.92 Å². The zero-order valence-electron chi connectivity index (χ0n) is 15.7. The minimum Gasteiger partial charge on any atom is -0.366 e. The molecule has 0 amide bonds.